The van der Waals surface area contributed by atoms with Gasteiger partial charge in [0, 0.05) is 43.5 Å². The largest absolute Gasteiger partial charge is 0.432 e. The number of amides is 1. The van der Waals surface area contributed by atoms with Gasteiger partial charge in [0.1, 0.15) is 23.5 Å². The van der Waals surface area contributed by atoms with E-state index in [-0.39, 0.29) is 17.8 Å². The van der Waals surface area contributed by atoms with E-state index in [9.17, 15) is 9.18 Å². The van der Waals surface area contributed by atoms with Gasteiger partial charge < -0.3 is 14.6 Å². The highest BCUT2D eigenvalue weighted by atomic mass is 19.1. The van der Waals surface area contributed by atoms with Crippen LogP contribution in [0.4, 0.5) is 10.3 Å². The molecule has 1 aromatic carbocycles. The van der Waals surface area contributed by atoms with Crippen LogP contribution < -0.4 is 5.32 Å². The summed E-state index contributed by atoms with van der Waals surface area (Å²) in [4.78, 5) is 27.7. The Bertz CT molecular complexity index is 1250. The van der Waals surface area contributed by atoms with Gasteiger partial charge in [-0.1, -0.05) is 6.92 Å². The number of piperidine rings is 1. The Morgan fingerprint density at radius 2 is 2.09 bits per heavy atom. The van der Waals surface area contributed by atoms with Crippen molar-refractivity contribution in [3.05, 3.63) is 54.8 Å². The zero-order valence-electron chi connectivity index (χ0n) is 17.7. The van der Waals surface area contributed by atoms with Crippen molar-refractivity contribution in [3.8, 4) is 22.6 Å². The normalized spacial score (nSPS) is 16.4. The van der Waals surface area contributed by atoms with E-state index in [1.54, 1.807) is 30.8 Å². The Balaban J connectivity index is 1.47. The van der Waals surface area contributed by atoms with Crippen molar-refractivity contribution in [2.45, 2.75) is 32.2 Å². The van der Waals surface area contributed by atoms with E-state index < -0.39 is 0 Å². The van der Waals surface area contributed by atoms with E-state index in [0.717, 1.165) is 30.6 Å². The van der Waals surface area contributed by atoms with Crippen molar-refractivity contribution in [2.24, 2.45) is 0 Å². The summed E-state index contributed by atoms with van der Waals surface area (Å²) in [5, 5.41) is 3.38. The minimum absolute atomic E-state index is 0.0884. The average molecular weight is 434 g/mol. The molecule has 1 aliphatic rings. The lowest BCUT2D eigenvalue weighted by molar-refractivity contribution is -0.131. The van der Waals surface area contributed by atoms with E-state index in [1.807, 2.05) is 22.3 Å². The lowest BCUT2D eigenvalue weighted by atomic mass is 10.1. The highest BCUT2D eigenvalue weighted by molar-refractivity contribution is 5.79. The minimum Gasteiger partial charge on any atom is -0.432 e. The van der Waals surface area contributed by atoms with Gasteiger partial charge in [-0.05, 0) is 43.2 Å². The molecule has 5 rings (SSSR count). The number of hydrogen-bond acceptors (Lipinski definition) is 6. The molecule has 0 saturated carbocycles. The molecule has 1 aliphatic heterocycles. The molecule has 0 aliphatic carbocycles. The van der Waals surface area contributed by atoms with E-state index >= 15 is 0 Å². The van der Waals surface area contributed by atoms with Gasteiger partial charge >= 0.3 is 5.84 Å². The smallest absolute Gasteiger partial charge is 0.306 e. The first-order valence-corrected chi connectivity index (χ1v) is 10.7. The van der Waals surface area contributed by atoms with E-state index in [2.05, 4.69) is 15.3 Å². The Morgan fingerprint density at radius 1 is 1.25 bits per heavy atom. The van der Waals surface area contributed by atoms with Crippen LogP contribution in [0.1, 0.15) is 26.2 Å². The van der Waals surface area contributed by atoms with E-state index in [0.29, 0.717) is 36.1 Å². The molecule has 3 aromatic heterocycles. The number of nitrogens with zero attached hydrogens (tertiary/aromatic N) is 5. The molecule has 164 valence electrons. The van der Waals surface area contributed by atoms with Crippen LogP contribution in [0.25, 0.3) is 28.5 Å². The van der Waals surface area contributed by atoms with Gasteiger partial charge in [0.25, 0.3) is 0 Å². The van der Waals surface area contributed by atoms with Crippen LogP contribution in [0.15, 0.2) is 53.4 Å². The summed E-state index contributed by atoms with van der Waals surface area (Å²) in [6.07, 6.45) is 7.41. The Morgan fingerprint density at radius 3 is 2.91 bits per heavy atom. The van der Waals surface area contributed by atoms with Crippen molar-refractivity contribution >= 4 is 17.7 Å². The molecule has 0 bridgehead atoms. The number of anilines is 1. The number of carbonyl (C=O) groups is 1. The number of nitrogens with one attached hydrogen (secondary N) is 1. The van der Waals surface area contributed by atoms with Gasteiger partial charge in [-0.2, -0.15) is 4.98 Å². The summed E-state index contributed by atoms with van der Waals surface area (Å²) >= 11 is 0. The second-order valence-electron chi connectivity index (χ2n) is 7.81. The van der Waals surface area contributed by atoms with Crippen LogP contribution in [0.2, 0.25) is 0 Å². The van der Waals surface area contributed by atoms with Crippen LogP contribution in [0, 0.1) is 5.82 Å². The number of imidazole rings is 1. The van der Waals surface area contributed by atoms with Gasteiger partial charge in [-0.25, -0.2) is 14.4 Å². The molecule has 9 heteroatoms. The maximum Gasteiger partial charge on any atom is 0.306 e. The zero-order chi connectivity index (χ0) is 22.1. The molecule has 1 N–H and O–H groups in total. The second kappa shape index (κ2) is 8.41. The summed E-state index contributed by atoms with van der Waals surface area (Å²) < 4.78 is 20.7. The molecule has 0 radical (unpaired) electrons. The number of rotatable bonds is 5. The SMILES string of the molecule is CCC(=O)N1CCC[C@@H](Nc2nccc(-c3c(-c4ccc(F)cc4)nc4occn34)n2)C1. The number of carbonyl (C=O) groups excluding carboxylic acids is 1. The minimum atomic E-state index is -0.310. The molecular formula is C23H23FN6O2. The Hall–Kier alpha value is -3.75. The number of benzene rings is 1. The maximum absolute atomic E-state index is 13.4. The number of likely N-dealkylation sites (tertiary alicyclic amines) is 1. The van der Waals surface area contributed by atoms with Gasteiger partial charge in [0.2, 0.25) is 11.9 Å². The standard InChI is InChI=1S/C23H23FN6O2/c1-2-19(31)29-11-3-4-17(14-29)26-22-25-10-9-18(27-22)21-20(15-5-7-16(24)8-6-15)28-23-30(21)12-13-32-23/h5-10,12-13,17H,2-4,11,14H2,1H3,(H,25,26,27)/t17-/m1/s1. The lowest BCUT2D eigenvalue weighted by Gasteiger charge is -2.33. The van der Waals surface area contributed by atoms with Crippen LogP contribution in [0.3, 0.4) is 0 Å². The van der Waals surface area contributed by atoms with Crippen molar-refractivity contribution < 1.29 is 13.6 Å². The number of aromatic nitrogens is 4. The van der Waals surface area contributed by atoms with E-state index in [1.165, 1.54) is 12.1 Å². The Kier molecular flexibility index (Phi) is 5.30. The fraction of sp³-hybridized carbons (Fsp3) is 0.304. The van der Waals surface area contributed by atoms with Crippen molar-refractivity contribution in [1.29, 1.82) is 0 Å². The van der Waals surface area contributed by atoms with Gasteiger partial charge in [0.15, 0.2) is 0 Å². The third kappa shape index (κ3) is 3.81. The fourth-order valence-electron chi connectivity index (χ4n) is 4.13. The number of hydrogen-bond donors (Lipinski definition) is 1. The van der Waals surface area contributed by atoms with Gasteiger partial charge in [-0.3, -0.25) is 9.20 Å². The van der Waals surface area contributed by atoms with Gasteiger partial charge in [0.05, 0.1) is 5.69 Å². The molecule has 8 nitrogen and oxygen atoms in total. The first-order valence-electron chi connectivity index (χ1n) is 10.7. The molecule has 1 saturated heterocycles. The third-order valence-corrected chi connectivity index (χ3v) is 5.69. The molecule has 0 spiro atoms. The lowest BCUT2D eigenvalue weighted by Crippen LogP contribution is -2.45. The summed E-state index contributed by atoms with van der Waals surface area (Å²) in [6.45, 7) is 3.31. The number of oxazole rings is 1. The highest BCUT2D eigenvalue weighted by Gasteiger charge is 2.24. The molecule has 0 unspecified atom stereocenters. The molecule has 4 aromatic rings. The fourth-order valence-corrected chi connectivity index (χ4v) is 4.13. The topological polar surface area (TPSA) is 88.6 Å². The highest BCUT2D eigenvalue weighted by Crippen LogP contribution is 2.32. The van der Waals surface area contributed by atoms with E-state index in [4.69, 9.17) is 9.40 Å². The monoisotopic (exact) mass is 434 g/mol. The number of fused-ring (bicyclic) bond motifs is 1. The van der Waals surface area contributed by atoms with Crippen molar-refractivity contribution in [2.75, 3.05) is 18.4 Å². The van der Waals surface area contributed by atoms with Crippen molar-refractivity contribution in [3.63, 3.8) is 0 Å². The number of halogens is 1. The molecule has 4 heterocycles. The first kappa shape index (κ1) is 20.2. The molecule has 32 heavy (non-hydrogen) atoms. The maximum atomic E-state index is 13.4. The molecular weight excluding hydrogens is 411 g/mol. The quantitative estimate of drug-likeness (QED) is 0.511. The summed E-state index contributed by atoms with van der Waals surface area (Å²) in [7, 11) is 0. The average Bonchev–Trinajstić information content (AvgIpc) is 3.41. The van der Waals surface area contributed by atoms with Crippen molar-refractivity contribution in [1.82, 2.24) is 24.3 Å². The van der Waals surface area contributed by atoms with Gasteiger partial charge in [-0.15, -0.1) is 0 Å². The molecule has 1 fully saturated rings. The zero-order valence-corrected chi connectivity index (χ0v) is 17.7. The second-order valence-corrected chi connectivity index (χ2v) is 7.81. The molecule has 1 atom stereocenters. The summed E-state index contributed by atoms with van der Waals surface area (Å²) in [5.41, 5.74) is 2.80. The summed E-state index contributed by atoms with van der Waals surface area (Å²) in [5.74, 6) is 0.766. The van der Waals surface area contributed by atoms with Crippen LogP contribution in [0.5, 0.6) is 0 Å². The first-order chi connectivity index (χ1) is 15.6. The van der Waals surface area contributed by atoms with Crippen LogP contribution in [-0.2, 0) is 4.79 Å². The summed E-state index contributed by atoms with van der Waals surface area (Å²) in [6, 6.07) is 8.07. The van der Waals surface area contributed by atoms with Crippen LogP contribution >= 0.6 is 0 Å². The molecule has 1 amide bonds. The third-order valence-electron chi connectivity index (χ3n) is 5.69. The predicted molar refractivity (Wildman–Crippen MR) is 117 cm³/mol. The predicted octanol–water partition coefficient (Wildman–Crippen LogP) is 4.00. The Labute approximate surface area is 184 Å². The van der Waals surface area contributed by atoms with Crippen LogP contribution in [-0.4, -0.2) is 49.3 Å².